The van der Waals surface area contributed by atoms with Gasteiger partial charge in [-0.15, -0.1) is 35.7 Å². The number of hydrogen-bond acceptors (Lipinski definition) is 3. The number of pyridine rings is 1. The molecule has 0 N–H and O–H groups in total. The number of fused-ring (bicyclic) bond motifs is 3. The zero-order valence-corrected chi connectivity index (χ0v) is 32.6. The van der Waals surface area contributed by atoms with Crippen molar-refractivity contribution in [1.29, 1.82) is 0 Å². The summed E-state index contributed by atoms with van der Waals surface area (Å²) in [6.45, 7) is 20.0. The van der Waals surface area contributed by atoms with Crippen LogP contribution in [0.15, 0.2) is 91.4 Å². The molecule has 4 aromatic carbocycles. The smallest absolute Gasteiger partial charge is 0.509 e. The van der Waals surface area contributed by atoms with E-state index in [1.807, 2.05) is 29.2 Å². The molecule has 0 aliphatic rings. The maximum absolute atomic E-state index is 6.51. The number of rotatable bonds is 7. The molecule has 0 amide bonds. The standard InChI is InChI=1S/C44H44N4O.Pt/c1-27(2)38-20-30(6)21-39(28(3)4)43(38)31-25-46-47(26-31)33-18-29(5)19-35(23-33)49-34-14-15-37-36-12-10-11-13-40(36)48(41(37)24-34)42-22-32(16-17-45-42)44(7,8)9;/h10-22,25-28H,1-9H3;/q-2;+2. The van der Waals surface area contributed by atoms with Crippen molar-refractivity contribution in [2.75, 3.05) is 0 Å². The fraction of sp³-hybridized carbons (Fsp3) is 0.273. The summed E-state index contributed by atoms with van der Waals surface area (Å²) in [6, 6.07) is 32.6. The Labute approximate surface area is 310 Å². The molecule has 0 radical (unpaired) electrons. The average molecular weight is 840 g/mol. The molecule has 0 bridgehead atoms. The van der Waals surface area contributed by atoms with Gasteiger partial charge in [0, 0.05) is 35.0 Å². The van der Waals surface area contributed by atoms with Crippen molar-refractivity contribution in [2.45, 2.75) is 79.6 Å². The molecule has 0 saturated carbocycles. The molecule has 0 aliphatic heterocycles. The van der Waals surface area contributed by atoms with E-state index in [1.54, 1.807) is 0 Å². The van der Waals surface area contributed by atoms with Crippen LogP contribution in [0.25, 0.3) is 44.4 Å². The Kier molecular flexibility index (Phi) is 9.67. The zero-order chi connectivity index (χ0) is 34.6. The minimum atomic E-state index is -0.00392. The van der Waals surface area contributed by atoms with Crippen LogP contribution in [0.3, 0.4) is 0 Å². The van der Waals surface area contributed by atoms with Crippen LogP contribution in [0.1, 0.15) is 88.1 Å². The van der Waals surface area contributed by atoms with Gasteiger partial charge in [-0.25, -0.2) is 4.98 Å². The third-order valence-corrected chi connectivity index (χ3v) is 9.30. The van der Waals surface area contributed by atoms with Crippen LogP contribution in [0.5, 0.6) is 11.5 Å². The molecular weight excluding hydrogens is 796 g/mol. The molecule has 50 heavy (non-hydrogen) atoms. The Balaban J connectivity index is 0.00000432. The molecular formula is C44H44N4OPt. The van der Waals surface area contributed by atoms with Crippen LogP contribution >= 0.6 is 0 Å². The van der Waals surface area contributed by atoms with Crippen molar-refractivity contribution in [3.8, 4) is 34.1 Å². The Morgan fingerprint density at radius 3 is 2.16 bits per heavy atom. The van der Waals surface area contributed by atoms with Gasteiger partial charge in [-0.2, -0.15) is 16.7 Å². The quantitative estimate of drug-likeness (QED) is 0.150. The summed E-state index contributed by atoms with van der Waals surface area (Å²) in [5, 5.41) is 7.07. The number of ether oxygens (including phenoxy) is 1. The minimum absolute atomic E-state index is 0. The summed E-state index contributed by atoms with van der Waals surface area (Å²) in [4.78, 5) is 4.81. The summed E-state index contributed by atoms with van der Waals surface area (Å²) >= 11 is 0. The molecule has 256 valence electrons. The summed E-state index contributed by atoms with van der Waals surface area (Å²) in [5.41, 5.74) is 11.5. The van der Waals surface area contributed by atoms with Gasteiger partial charge in [-0.3, -0.25) is 4.68 Å². The first-order valence-corrected chi connectivity index (χ1v) is 17.2. The second-order valence-electron chi connectivity index (χ2n) is 14.9. The first-order valence-electron chi connectivity index (χ1n) is 17.2. The van der Waals surface area contributed by atoms with E-state index in [9.17, 15) is 0 Å². The van der Waals surface area contributed by atoms with Gasteiger partial charge in [-0.05, 0) is 75.7 Å². The number of nitrogens with zero attached hydrogens (tertiary/aromatic N) is 4. The van der Waals surface area contributed by atoms with Crippen LogP contribution in [-0.4, -0.2) is 19.3 Å². The average Bonchev–Trinajstić information content (AvgIpc) is 3.67. The van der Waals surface area contributed by atoms with E-state index >= 15 is 0 Å². The van der Waals surface area contributed by atoms with E-state index < -0.39 is 0 Å². The third-order valence-electron chi connectivity index (χ3n) is 9.30. The van der Waals surface area contributed by atoms with Crippen molar-refractivity contribution in [3.05, 3.63) is 131 Å². The van der Waals surface area contributed by atoms with Crippen LogP contribution in [0.4, 0.5) is 0 Å². The molecule has 0 saturated heterocycles. The number of benzene rings is 4. The number of hydrogen-bond donors (Lipinski definition) is 0. The van der Waals surface area contributed by atoms with Gasteiger partial charge < -0.3 is 9.30 Å². The Hall–Kier alpha value is -4.47. The number of para-hydroxylation sites is 1. The van der Waals surface area contributed by atoms with Crippen molar-refractivity contribution >= 4 is 21.8 Å². The number of aryl methyl sites for hydroxylation is 2. The van der Waals surface area contributed by atoms with Gasteiger partial charge >= 0.3 is 21.1 Å². The van der Waals surface area contributed by atoms with Gasteiger partial charge in [0.2, 0.25) is 0 Å². The summed E-state index contributed by atoms with van der Waals surface area (Å²) < 4.78 is 10.6. The van der Waals surface area contributed by atoms with E-state index in [2.05, 4.69) is 146 Å². The molecule has 6 heteroatoms. The second-order valence-corrected chi connectivity index (χ2v) is 14.9. The molecule has 7 aromatic rings. The Bertz CT molecular complexity index is 2310. The van der Waals surface area contributed by atoms with Crippen LogP contribution < -0.4 is 4.74 Å². The van der Waals surface area contributed by atoms with Crippen LogP contribution in [-0.2, 0) is 26.5 Å². The zero-order valence-electron chi connectivity index (χ0n) is 30.3. The van der Waals surface area contributed by atoms with Crippen molar-refractivity contribution in [2.24, 2.45) is 0 Å². The van der Waals surface area contributed by atoms with Crippen LogP contribution in [0, 0.1) is 26.0 Å². The first-order chi connectivity index (χ1) is 23.4. The molecule has 7 rings (SSSR count). The van der Waals surface area contributed by atoms with Crippen molar-refractivity contribution in [3.63, 3.8) is 0 Å². The molecule has 0 spiro atoms. The Morgan fingerprint density at radius 1 is 0.760 bits per heavy atom. The van der Waals surface area contributed by atoms with Gasteiger partial charge in [0.15, 0.2) is 0 Å². The van der Waals surface area contributed by atoms with Crippen molar-refractivity contribution < 1.29 is 25.8 Å². The summed E-state index contributed by atoms with van der Waals surface area (Å²) in [5.74, 6) is 2.87. The summed E-state index contributed by atoms with van der Waals surface area (Å²) in [6.07, 6.45) is 5.99. The van der Waals surface area contributed by atoms with Crippen molar-refractivity contribution in [1.82, 2.24) is 19.3 Å². The van der Waals surface area contributed by atoms with E-state index in [4.69, 9.17) is 14.8 Å². The molecule has 0 aliphatic carbocycles. The maximum atomic E-state index is 6.51. The van der Waals surface area contributed by atoms with E-state index in [-0.39, 0.29) is 26.5 Å². The molecule has 0 unspecified atom stereocenters. The molecule has 0 atom stereocenters. The monoisotopic (exact) mass is 839 g/mol. The SMILES string of the molecule is Cc1cc(Oc2[c-]c3c(cc2)c2ccccc2n3-c2cc(C(C)(C)C)ccn2)[c-]c(-n2cc(-c3c(C(C)C)cc(C)cc3C(C)C)cn2)c1.[Pt+2]. The largest absolute Gasteiger partial charge is 2.00 e. The molecule has 0 fully saturated rings. The molecule has 5 nitrogen and oxygen atoms in total. The van der Waals surface area contributed by atoms with Gasteiger partial charge in [0.1, 0.15) is 5.82 Å². The van der Waals surface area contributed by atoms with Crippen LogP contribution in [0.2, 0.25) is 0 Å². The Morgan fingerprint density at radius 2 is 1.46 bits per heavy atom. The van der Waals surface area contributed by atoms with Gasteiger partial charge in [0.25, 0.3) is 0 Å². The van der Waals surface area contributed by atoms with Gasteiger partial charge in [-0.1, -0.05) is 96.8 Å². The number of aromatic nitrogens is 4. The summed E-state index contributed by atoms with van der Waals surface area (Å²) in [7, 11) is 0. The predicted octanol–water partition coefficient (Wildman–Crippen LogP) is 11.6. The third kappa shape index (κ3) is 6.68. The van der Waals surface area contributed by atoms with Gasteiger partial charge in [0.05, 0.1) is 6.20 Å². The molecule has 3 aromatic heterocycles. The maximum Gasteiger partial charge on any atom is 2.00 e. The molecule has 3 heterocycles. The normalized spacial score (nSPS) is 11.9. The van der Waals surface area contributed by atoms with E-state index in [0.29, 0.717) is 23.3 Å². The fourth-order valence-electron chi connectivity index (χ4n) is 6.81. The minimum Gasteiger partial charge on any atom is -0.509 e. The second kappa shape index (κ2) is 13.7. The van der Waals surface area contributed by atoms with E-state index in [0.717, 1.165) is 44.4 Å². The fourth-order valence-corrected chi connectivity index (χ4v) is 6.81. The topological polar surface area (TPSA) is 44.9 Å². The predicted molar refractivity (Wildman–Crippen MR) is 202 cm³/mol. The van der Waals surface area contributed by atoms with E-state index in [1.165, 1.54) is 27.8 Å². The first kappa shape index (κ1) is 35.4.